The van der Waals surface area contributed by atoms with Gasteiger partial charge in [0.2, 0.25) is 11.8 Å². The van der Waals surface area contributed by atoms with E-state index in [1.807, 2.05) is 60.7 Å². The first-order chi connectivity index (χ1) is 22.4. The van der Waals surface area contributed by atoms with E-state index in [2.05, 4.69) is 10.1 Å². The summed E-state index contributed by atoms with van der Waals surface area (Å²) in [6.45, 7) is 1.12. The molecule has 2 aliphatic rings. The fourth-order valence-electron chi connectivity index (χ4n) is 5.68. The quantitative estimate of drug-likeness (QED) is 0.0733. The van der Waals surface area contributed by atoms with Crippen molar-refractivity contribution in [3.63, 3.8) is 0 Å². The van der Waals surface area contributed by atoms with Crippen LogP contribution in [0.3, 0.4) is 0 Å². The molecule has 0 aliphatic carbocycles. The Morgan fingerprint density at radius 1 is 0.872 bits per heavy atom. The molecule has 0 unspecified atom stereocenters. The second-order valence-corrected chi connectivity index (χ2v) is 14.4. The lowest BCUT2D eigenvalue weighted by atomic mass is 10.1. The van der Waals surface area contributed by atoms with Crippen molar-refractivity contribution in [1.29, 1.82) is 0 Å². The standard InChI is InChI=1S/C26H32N3O5P.C6H14N4O2/c30-24(28-15-7-13-22(28)25(31)29-16-8-14-23(29)26(32)33)17-27-35(34,18-20-9-3-1-4-10-20)19-21-11-5-2-6-12-21;7-4(5(11)12)2-1-3-10-6(8)9/h1-6,9-12,22-23H,7-8,13-19H2,(H,27,34)(H,32,33);4H,1-3,7H2,(H,11,12)(H4,8,9,10)/t22-,23-;4-/m00/s1. The van der Waals surface area contributed by atoms with Gasteiger partial charge in [-0.2, -0.15) is 0 Å². The number of hydrogen-bond donors (Lipinski definition) is 6. The van der Waals surface area contributed by atoms with Gasteiger partial charge in [-0.15, -0.1) is 0 Å². The predicted octanol–water partition coefficient (Wildman–Crippen LogP) is 1.77. The van der Waals surface area contributed by atoms with Crippen LogP contribution in [-0.2, 0) is 36.1 Å². The first-order valence-corrected chi connectivity index (χ1v) is 17.8. The first kappa shape index (κ1) is 37.2. The van der Waals surface area contributed by atoms with Crippen molar-refractivity contribution in [2.75, 3.05) is 26.2 Å². The average Bonchev–Trinajstić information content (AvgIpc) is 3.74. The van der Waals surface area contributed by atoms with Crippen LogP contribution in [0.25, 0.3) is 0 Å². The minimum atomic E-state index is -3.01. The number of benzene rings is 2. The molecule has 4 rings (SSSR count). The van der Waals surface area contributed by atoms with Gasteiger partial charge < -0.3 is 41.8 Å². The molecule has 15 heteroatoms. The Bertz CT molecular complexity index is 1380. The predicted molar refractivity (Wildman–Crippen MR) is 179 cm³/mol. The summed E-state index contributed by atoms with van der Waals surface area (Å²) in [4.78, 5) is 54.7. The molecule has 0 aromatic heterocycles. The number of nitrogens with one attached hydrogen (secondary N) is 1. The number of guanidine groups is 1. The highest BCUT2D eigenvalue weighted by molar-refractivity contribution is 7.60. The fourth-order valence-corrected chi connectivity index (χ4v) is 8.04. The zero-order valence-corrected chi connectivity index (χ0v) is 27.3. The molecule has 3 atom stereocenters. The minimum absolute atomic E-state index is 0.0129. The maximum atomic E-state index is 14.0. The molecule has 9 N–H and O–H groups in total. The van der Waals surface area contributed by atoms with Crippen LogP contribution in [-0.4, -0.2) is 94.0 Å². The lowest BCUT2D eigenvalue weighted by molar-refractivity contribution is -0.151. The van der Waals surface area contributed by atoms with E-state index in [1.165, 1.54) is 9.80 Å². The molecule has 2 amide bonds. The number of nitrogens with zero attached hydrogens (tertiary/aromatic N) is 3. The van der Waals surface area contributed by atoms with Crippen molar-refractivity contribution < 1.29 is 34.0 Å². The van der Waals surface area contributed by atoms with Gasteiger partial charge >= 0.3 is 11.9 Å². The van der Waals surface area contributed by atoms with Crippen LogP contribution in [0.4, 0.5) is 0 Å². The van der Waals surface area contributed by atoms with Crippen LogP contribution < -0.4 is 22.3 Å². The van der Waals surface area contributed by atoms with E-state index in [-0.39, 0.29) is 24.3 Å². The third-order valence-electron chi connectivity index (χ3n) is 8.04. The van der Waals surface area contributed by atoms with Gasteiger partial charge in [-0.3, -0.25) is 24.5 Å². The van der Waals surface area contributed by atoms with Gasteiger partial charge in [-0.1, -0.05) is 60.7 Å². The number of carboxylic acid groups (broad SMARTS) is 2. The molecular weight excluding hydrogens is 625 g/mol. The Kier molecular flexibility index (Phi) is 14.4. The van der Waals surface area contributed by atoms with Gasteiger partial charge in [0, 0.05) is 32.0 Å². The van der Waals surface area contributed by atoms with Crippen molar-refractivity contribution in [2.45, 2.75) is 69.0 Å². The van der Waals surface area contributed by atoms with Crippen LogP contribution in [0.5, 0.6) is 0 Å². The van der Waals surface area contributed by atoms with Crippen LogP contribution in [0.15, 0.2) is 65.7 Å². The van der Waals surface area contributed by atoms with E-state index in [0.29, 0.717) is 70.5 Å². The molecule has 0 saturated carbocycles. The van der Waals surface area contributed by atoms with E-state index in [4.69, 9.17) is 22.3 Å². The van der Waals surface area contributed by atoms with Crippen LogP contribution in [0.2, 0.25) is 0 Å². The number of carbonyl (C=O) groups is 4. The largest absolute Gasteiger partial charge is 0.480 e. The van der Waals surface area contributed by atoms with Crippen molar-refractivity contribution >= 4 is 37.0 Å². The number of carboxylic acids is 2. The number of hydrogen-bond acceptors (Lipinski definition) is 7. The van der Waals surface area contributed by atoms with Crippen LogP contribution in [0.1, 0.15) is 49.7 Å². The van der Waals surface area contributed by atoms with E-state index >= 15 is 0 Å². The Labute approximate surface area is 274 Å². The molecule has 47 heavy (non-hydrogen) atoms. The highest BCUT2D eigenvalue weighted by Crippen LogP contribution is 2.48. The number of rotatable bonds is 14. The summed E-state index contributed by atoms with van der Waals surface area (Å²) in [5, 5.41) is 20.9. The lowest BCUT2D eigenvalue weighted by Gasteiger charge is -2.30. The Balaban J connectivity index is 0.000000426. The molecule has 0 radical (unpaired) electrons. The molecule has 256 valence electrons. The van der Waals surface area contributed by atoms with Gasteiger partial charge in [0.1, 0.15) is 18.1 Å². The lowest BCUT2D eigenvalue weighted by Crippen LogP contribution is -2.52. The van der Waals surface area contributed by atoms with Gasteiger partial charge in [0.05, 0.1) is 6.54 Å². The fraction of sp³-hybridized carbons (Fsp3) is 0.469. The molecule has 2 saturated heterocycles. The monoisotopic (exact) mass is 671 g/mol. The normalized spacial score (nSPS) is 18.1. The highest BCUT2D eigenvalue weighted by Gasteiger charge is 2.42. The van der Waals surface area contributed by atoms with E-state index in [9.17, 15) is 28.8 Å². The van der Waals surface area contributed by atoms with Crippen molar-refractivity contribution in [1.82, 2.24) is 14.9 Å². The van der Waals surface area contributed by atoms with E-state index in [0.717, 1.165) is 11.1 Å². The Morgan fingerprint density at radius 2 is 1.40 bits per heavy atom. The second-order valence-electron chi connectivity index (χ2n) is 11.7. The zero-order chi connectivity index (χ0) is 34.4. The molecule has 2 aromatic carbocycles. The maximum Gasteiger partial charge on any atom is 0.326 e. The third-order valence-corrected chi connectivity index (χ3v) is 10.5. The molecule has 0 bridgehead atoms. The number of likely N-dealkylation sites (tertiary alicyclic amines) is 2. The summed E-state index contributed by atoms with van der Waals surface area (Å²) >= 11 is 0. The minimum Gasteiger partial charge on any atom is -0.480 e. The van der Waals surface area contributed by atoms with E-state index < -0.39 is 37.4 Å². The SMILES string of the molecule is NC(N)=NCCC[C@H](N)C(=O)O.O=C(O)[C@@H]1CCCN1C(=O)[C@@H]1CCCN1C(=O)CNP(=O)(Cc1ccccc1)Cc1ccccc1. The van der Waals surface area contributed by atoms with Gasteiger partial charge in [0.25, 0.3) is 0 Å². The molecule has 0 spiro atoms. The summed E-state index contributed by atoms with van der Waals surface area (Å²) < 4.78 is 14.0. The third kappa shape index (κ3) is 11.8. The summed E-state index contributed by atoms with van der Waals surface area (Å²) in [6.07, 6.45) is 3.85. The van der Waals surface area contributed by atoms with Crippen molar-refractivity contribution in [3.05, 3.63) is 71.8 Å². The smallest absolute Gasteiger partial charge is 0.326 e. The number of aliphatic carboxylic acids is 2. The first-order valence-electron chi connectivity index (χ1n) is 15.7. The molecular formula is C32H46N7O7P. The topological polar surface area (TPSA) is 235 Å². The summed E-state index contributed by atoms with van der Waals surface area (Å²) in [7, 11) is -3.01. The van der Waals surface area contributed by atoms with Gasteiger partial charge in [-0.05, 0) is 49.7 Å². The average molecular weight is 672 g/mol. The number of nitrogens with two attached hydrogens (primary N) is 3. The van der Waals surface area contributed by atoms with E-state index in [1.54, 1.807) is 0 Å². The van der Waals surface area contributed by atoms with Crippen LogP contribution >= 0.6 is 7.29 Å². The second kappa shape index (κ2) is 18.2. The molecule has 2 heterocycles. The van der Waals surface area contributed by atoms with Crippen molar-refractivity contribution in [3.8, 4) is 0 Å². The summed E-state index contributed by atoms with van der Waals surface area (Å²) in [5.74, 6) is -2.57. The number of carbonyl (C=O) groups excluding carboxylic acids is 2. The zero-order valence-electron chi connectivity index (χ0n) is 26.4. The summed E-state index contributed by atoms with van der Waals surface area (Å²) in [6, 6.07) is 16.8. The summed E-state index contributed by atoms with van der Waals surface area (Å²) in [5.41, 5.74) is 17.2. The molecule has 14 nitrogen and oxygen atoms in total. The van der Waals surface area contributed by atoms with Gasteiger partial charge in [0.15, 0.2) is 13.3 Å². The number of aliphatic imine (C=N–C) groups is 1. The van der Waals surface area contributed by atoms with Gasteiger partial charge in [-0.25, -0.2) is 4.79 Å². The number of amides is 2. The Hall–Kier alpha value is -4.26. The maximum absolute atomic E-state index is 14.0. The molecule has 2 aromatic rings. The Morgan fingerprint density at radius 3 is 1.91 bits per heavy atom. The molecule has 2 aliphatic heterocycles. The van der Waals surface area contributed by atoms with Crippen LogP contribution in [0, 0.1) is 0 Å². The highest BCUT2D eigenvalue weighted by atomic mass is 31.2. The van der Waals surface area contributed by atoms with Crippen molar-refractivity contribution in [2.24, 2.45) is 22.2 Å². The molecule has 2 fully saturated rings.